The van der Waals surface area contributed by atoms with Crippen molar-refractivity contribution in [1.82, 2.24) is 14.9 Å². The Kier molecular flexibility index (Phi) is 5.90. The average molecular weight is 403 g/mol. The van der Waals surface area contributed by atoms with E-state index in [-0.39, 0.29) is 5.91 Å². The summed E-state index contributed by atoms with van der Waals surface area (Å²) in [6.07, 6.45) is 1.65. The van der Waals surface area contributed by atoms with E-state index in [1.165, 1.54) is 5.69 Å². The van der Waals surface area contributed by atoms with Crippen molar-refractivity contribution in [3.63, 3.8) is 0 Å². The first kappa shape index (κ1) is 19.8. The number of para-hydroxylation sites is 1. The molecule has 2 heterocycles. The molecule has 1 fully saturated rings. The van der Waals surface area contributed by atoms with Gasteiger partial charge in [-0.25, -0.2) is 4.98 Å². The van der Waals surface area contributed by atoms with Gasteiger partial charge < -0.3 is 20.4 Å². The zero-order chi connectivity index (χ0) is 20.9. The lowest BCUT2D eigenvalue weighted by Crippen LogP contribution is -2.44. The topological polar surface area (TPSA) is 73.4 Å². The number of rotatable bonds is 5. The first-order valence-electron chi connectivity index (χ1n) is 10.1. The molecule has 0 spiro atoms. The summed E-state index contributed by atoms with van der Waals surface area (Å²) in [4.78, 5) is 26.3. The molecule has 0 bridgehead atoms. The van der Waals surface area contributed by atoms with Gasteiger partial charge in [0.1, 0.15) is 5.82 Å². The molecule has 7 heteroatoms. The SMILES string of the molecule is Cc1ncc(Nc2cccc(N3CCN(C)CC3)c2)nc1C(=O)Nc1ccccc1. The summed E-state index contributed by atoms with van der Waals surface area (Å²) in [5, 5.41) is 6.15. The minimum atomic E-state index is -0.277. The van der Waals surface area contributed by atoms with Crippen LogP contribution in [0.25, 0.3) is 0 Å². The van der Waals surface area contributed by atoms with E-state index >= 15 is 0 Å². The molecular weight excluding hydrogens is 376 g/mol. The monoisotopic (exact) mass is 402 g/mol. The Morgan fingerprint density at radius 2 is 1.70 bits per heavy atom. The van der Waals surface area contributed by atoms with E-state index in [0.29, 0.717) is 17.2 Å². The van der Waals surface area contributed by atoms with Crippen LogP contribution in [0.4, 0.5) is 22.9 Å². The fraction of sp³-hybridized carbons (Fsp3) is 0.261. The molecule has 0 unspecified atom stereocenters. The van der Waals surface area contributed by atoms with Crippen LogP contribution in [0, 0.1) is 6.92 Å². The Hall–Kier alpha value is -3.45. The molecule has 7 nitrogen and oxygen atoms in total. The Morgan fingerprint density at radius 1 is 0.967 bits per heavy atom. The van der Waals surface area contributed by atoms with Crippen LogP contribution >= 0.6 is 0 Å². The van der Waals surface area contributed by atoms with Crippen LogP contribution in [0.2, 0.25) is 0 Å². The third-order valence-corrected chi connectivity index (χ3v) is 5.19. The van der Waals surface area contributed by atoms with E-state index in [2.05, 4.69) is 49.6 Å². The van der Waals surface area contributed by atoms with Crippen LogP contribution in [0.15, 0.2) is 60.8 Å². The van der Waals surface area contributed by atoms with Gasteiger partial charge in [0.25, 0.3) is 5.91 Å². The van der Waals surface area contributed by atoms with Gasteiger partial charge in [0.15, 0.2) is 5.69 Å². The van der Waals surface area contributed by atoms with Gasteiger partial charge in [-0.1, -0.05) is 24.3 Å². The number of piperazine rings is 1. The number of carbonyl (C=O) groups excluding carboxylic acids is 1. The van der Waals surface area contributed by atoms with Crippen molar-refractivity contribution < 1.29 is 4.79 Å². The minimum Gasteiger partial charge on any atom is -0.369 e. The van der Waals surface area contributed by atoms with Gasteiger partial charge in [-0.3, -0.25) is 9.78 Å². The van der Waals surface area contributed by atoms with Crippen LogP contribution < -0.4 is 15.5 Å². The van der Waals surface area contributed by atoms with Gasteiger partial charge in [-0.15, -0.1) is 0 Å². The molecular formula is C23H26N6O. The summed E-state index contributed by atoms with van der Waals surface area (Å²) in [7, 11) is 2.15. The van der Waals surface area contributed by atoms with Gasteiger partial charge >= 0.3 is 0 Å². The fourth-order valence-electron chi connectivity index (χ4n) is 3.43. The summed E-state index contributed by atoms with van der Waals surface area (Å²) in [6, 6.07) is 17.6. The molecule has 30 heavy (non-hydrogen) atoms. The van der Waals surface area contributed by atoms with E-state index in [0.717, 1.165) is 37.6 Å². The van der Waals surface area contributed by atoms with Crippen molar-refractivity contribution in [1.29, 1.82) is 0 Å². The van der Waals surface area contributed by atoms with Crippen molar-refractivity contribution >= 4 is 28.8 Å². The number of likely N-dealkylation sites (N-methyl/N-ethyl adjacent to an activating group) is 1. The molecule has 2 N–H and O–H groups in total. The predicted molar refractivity (Wildman–Crippen MR) is 121 cm³/mol. The quantitative estimate of drug-likeness (QED) is 0.680. The lowest BCUT2D eigenvalue weighted by atomic mass is 10.2. The number of carbonyl (C=O) groups is 1. The lowest BCUT2D eigenvalue weighted by molar-refractivity contribution is 0.102. The van der Waals surface area contributed by atoms with E-state index in [4.69, 9.17) is 0 Å². The molecule has 1 aromatic heterocycles. The van der Waals surface area contributed by atoms with Crippen LogP contribution in [0.1, 0.15) is 16.2 Å². The second-order valence-electron chi connectivity index (χ2n) is 7.48. The Labute approximate surface area is 176 Å². The van der Waals surface area contributed by atoms with Crippen molar-refractivity contribution in [2.24, 2.45) is 0 Å². The molecule has 4 rings (SSSR count). The van der Waals surface area contributed by atoms with Gasteiger partial charge in [-0.05, 0) is 44.3 Å². The molecule has 2 aromatic carbocycles. The number of aryl methyl sites for hydroxylation is 1. The van der Waals surface area contributed by atoms with Gasteiger partial charge in [0, 0.05) is 43.2 Å². The van der Waals surface area contributed by atoms with Crippen LogP contribution in [0.5, 0.6) is 0 Å². The Bertz CT molecular complexity index is 1020. The summed E-state index contributed by atoms with van der Waals surface area (Å²) in [6.45, 7) is 5.91. The Morgan fingerprint density at radius 3 is 2.47 bits per heavy atom. The number of hydrogen-bond donors (Lipinski definition) is 2. The zero-order valence-electron chi connectivity index (χ0n) is 17.3. The molecule has 1 saturated heterocycles. The van der Waals surface area contributed by atoms with Gasteiger partial charge in [0.2, 0.25) is 0 Å². The number of anilines is 4. The molecule has 0 saturated carbocycles. The minimum absolute atomic E-state index is 0.277. The van der Waals surface area contributed by atoms with Crippen LogP contribution in [-0.4, -0.2) is 54.0 Å². The number of hydrogen-bond acceptors (Lipinski definition) is 6. The highest BCUT2D eigenvalue weighted by Gasteiger charge is 2.16. The fourth-order valence-corrected chi connectivity index (χ4v) is 3.43. The largest absolute Gasteiger partial charge is 0.369 e. The normalized spacial score (nSPS) is 14.4. The third kappa shape index (κ3) is 4.75. The first-order chi connectivity index (χ1) is 14.6. The first-order valence-corrected chi connectivity index (χ1v) is 10.1. The van der Waals surface area contributed by atoms with Crippen molar-refractivity contribution in [2.45, 2.75) is 6.92 Å². The molecule has 1 aliphatic rings. The highest BCUT2D eigenvalue weighted by molar-refractivity contribution is 6.03. The maximum atomic E-state index is 12.7. The van der Waals surface area contributed by atoms with E-state index in [1.54, 1.807) is 13.1 Å². The second kappa shape index (κ2) is 8.92. The van der Waals surface area contributed by atoms with Gasteiger partial charge in [-0.2, -0.15) is 0 Å². The van der Waals surface area contributed by atoms with Crippen LogP contribution in [-0.2, 0) is 0 Å². The summed E-state index contributed by atoms with van der Waals surface area (Å²) >= 11 is 0. The van der Waals surface area contributed by atoms with Gasteiger partial charge in [0.05, 0.1) is 11.9 Å². The molecule has 0 aliphatic carbocycles. The lowest BCUT2D eigenvalue weighted by Gasteiger charge is -2.34. The predicted octanol–water partition coefficient (Wildman–Crippen LogP) is 3.53. The number of amides is 1. The smallest absolute Gasteiger partial charge is 0.276 e. The average Bonchev–Trinajstić information content (AvgIpc) is 2.76. The Balaban J connectivity index is 1.49. The van der Waals surface area contributed by atoms with E-state index < -0.39 is 0 Å². The molecule has 0 atom stereocenters. The summed E-state index contributed by atoms with van der Waals surface area (Å²) in [5.41, 5.74) is 3.70. The maximum absolute atomic E-state index is 12.7. The van der Waals surface area contributed by atoms with E-state index in [9.17, 15) is 4.79 Å². The highest BCUT2D eigenvalue weighted by atomic mass is 16.1. The number of benzene rings is 2. The van der Waals surface area contributed by atoms with E-state index in [1.807, 2.05) is 42.5 Å². The molecule has 1 amide bonds. The highest BCUT2D eigenvalue weighted by Crippen LogP contribution is 2.23. The maximum Gasteiger partial charge on any atom is 0.276 e. The molecule has 154 valence electrons. The number of nitrogens with zero attached hydrogens (tertiary/aromatic N) is 4. The summed E-state index contributed by atoms with van der Waals surface area (Å²) in [5.74, 6) is 0.260. The standard InChI is InChI=1S/C23H26N6O/c1-17-22(23(30)26-18-7-4-3-5-8-18)27-21(16-24-17)25-19-9-6-10-20(15-19)29-13-11-28(2)12-14-29/h3-10,15-16H,11-14H2,1-2H3,(H,25,27)(H,26,30). The third-order valence-electron chi connectivity index (χ3n) is 5.19. The second-order valence-corrected chi connectivity index (χ2v) is 7.48. The molecule has 0 radical (unpaired) electrons. The van der Waals surface area contributed by atoms with Crippen molar-refractivity contribution in [3.05, 3.63) is 72.2 Å². The summed E-state index contributed by atoms with van der Waals surface area (Å²) < 4.78 is 0. The number of aromatic nitrogens is 2. The zero-order valence-corrected chi connectivity index (χ0v) is 17.3. The van der Waals surface area contributed by atoms with Crippen molar-refractivity contribution in [3.8, 4) is 0 Å². The number of nitrogens with one attached hydrogen (secondary N) is 2. The molecule has 3 aromatic rings. The van der Waals surface area contributed by atoms with Crippen molar-refractivity contribution in [2.75, 3.05) is 48.8 Å². The van der Waals surface area contributed by atoms with Crippen LogP contribution in [0.3, 0.4) is 0 Å². The molecule has 1 aliphatic heterocycles.